The van der Waals surface area contributed by atoms with E-state index in [1.165, 1.54) is 11.1 Å². The van der Waals surface area contributed by atoms with Crippen LogP contribution in [0, 0.1) is 0 Å². The highest BCUT2D eigenvalue weighted by Gasteiger charge is 2.57. The monoisotopic (exact) mass is 423 g/mol. The van der Waals surface area contributed by atoms with Crippen molar-refractivity contribution in [1.29, 1.82) is 0 Å². The van der Waals surface area contributed by atoms with Crippen LogP contribution in [0.1, 0.15) is 13.3 Å². The zero-order chi connectivity index (χ0) is 20.1. The van der Waals surface area contributed by atoms with Crippen LogP contribution in [0.25, 0.3) is 0 Å². The summed E-state index contributed by atoms with van der Waals surface area (Å²) in [5.41, 5.74) is 0. The van der Waals surface area contributed by atoms with Gasteiger partial charge in [-0.3, -0.25) is 4.90 Å². The largest absolute Gasteiger partial charge is 0.720 e. The molecule has 0 atom stereocenters. The molecule has 0 spiro atoms. The van der Waals surface area contributed by atoms with E-state index >= 15 is 0 Å². The average Bonchev–Trinajstić information content (AvgIpc) is 2.27. The number of hydrogen-bond acceptors (Lipinski definition) is 5. The summed E-state index contributed by atoms with van der Waals surface area (Å²) in [4.78, 5) is 14.2. The maximum atomic E-state index is 12.7. The van der Waals surface area contributed by atoms with E-state index in [1.807, 2.05) is 65.8 Å². The Morgan fingerprint density at radius 1 is 0.880 bits per heavy atom. The summed E-state index contributed by atoms with van der Waals surface area (Å²) in [5.74, 6) is 0. The molecular formula is C15H37NO5Si4. The van der Waals surface area contributed by atoms with Crippen LogP contribution in [0.15, 0.2) is 12.8 Å². The van der Waals surface area contributed by atoms with E-state index in [0.29, 0.717) is 6.54 Å². The minimum atomic E-state index is -3.63. The van der Waals surface area contributed by atoms with E-state index in [1.54, 1.807) is 0 Å². The van der Waals surface area contributed by atoms with E-state index in [-0.39, 0.29) is 0 Å². The first-order valence-electron chi connectivity index (χ1n) is 8.75. The van der Waals surface area contributed by atoms with Crippen molar-refractivity contribution in [3.63, 3.8) is 0 Å². The number of amides is 1. The molecule has 0 aromatic rings. The van der Waals surface area contributed by atoms with Crippen LogP contribution in [0.5, 0.6) is 0 Å². The lowest BCUT2D eigenvalue weighted by Gasteiger charge is -2.40. The zero-order valence-corrected chi connectivity index (χ0v) is 21.7. The summed E-state index contributed by atoms with van der Waals surface area (Å²) in [6.07, 6.45) is 1.76. The minimum Gasteiger partial charge on any atom is -0.436 e. The van der Waals surface area contributed by atoms with Crippen LogP contribution in [-0.2, 0) is 16.8 Å². The molecule has 25 heavy (non-hydrogen) atoms. The first-order valence-corrected chi connectivity index (χ1v) is 20.6. The maximum Gasteiger partial charge on any atom is 0.720 e. The highest BCUT2D eigenvalue weighted by Crippen LogP contribution is 2.27. The molecule has 0 rings (SSSR count). The Kier molecular flexibility index (Phi) is 9.02. The molecule has 0 heterocycles. The third-order valence-electron chi connectivity index (χ3n) is 2.43. The Hall–Kier alpha value is -0.242. The first-order chi connectivity index (χ1) is 11.0. The van der Waals surface area contributed by atoms with Crippen LogP contribution in [0.3, 0.4) is 0 Å². The Labute approximate surface area is 158 Å². The van der Waals surface area contributed by atoms with Gasteiger partial charge in [-0.25, -0.2) is 4.79 Å². The molecule has 0 aliphatic carbocycles. The van der Waals surface area contributed by atoms with Gasteiger partial charge in [-0.05, 0) is 65.3 Å². The fourth-order valence-corrected chi connectivity index (χ4v) is 13.4. The molecule has 0 unspecified atom stereocenters. The van der Waals surface area contributed by atoms with Crippen molar-refractivity contribution in [3.05, 3.63) is 12.8 Å². The summed E-state index contributed by atoms with van der Waals surface area (Å²) in [6.45, 7) is 24.6. The van der Waals surface area contributed by atoms with Gasteiger partial charge in [0.05, 0.1) is 0 Å². The van der Waals surface area contributed by atoms with Crippen LogP contribution in [0.2, 0.25) is 58.9 Å². The quantitative estimate of drug-likeness (QED) is 0.464. The topological polar surface area (TPSA) is 57.2 Å². The van der Waals surface area contributed by atoms with Crippen molar-refractivity contribution in [3.8, 4) is 0 Å². The molecule has 6 nitrogen and oxygen atoms in total. The Balaban J connectivity index is 5.87. The van der Waals surface area contributed by atoms with E-state index in [4.69, 9.17) is 16.8 Å². The van der Waals surface area contributed by atoms with Crippen molar-refractivity contribution in [1.82, 2.24) is 4.90 Å². The molecule has 0 aliphatic rings. The molecule has 0 saturated carbocycles. The molecule has 0 saturated heterocycles. The van der Waals surface area contributed by atoms with Gasteiger partial charge in [-0.15, -0.1) is 0 Å². The third-order valence-corrected chi connectivity index (χ3v) is 13.2. The van der Waals surface area contributed by atoms with Gasteiger partial charge in [0.15, 0.2) is 25.0 Å². The van der Waals surface area contributed by atoms with E-state index < -0.39 is 40.1 Å². The van der Waals surface area contributed by atoms with Gasteiger partial charge in [0.1, 0.15) is 0 Å². The lowest BCUT2D eigenvalue weighted by atomic mass is 10.4. The summed E-state index contributed by atoms with van der Waals surface area (Å²) < 4.78 is 24.8. The predicted molar refractivity (Wildman–Crippen MR) is 113 cm³/mol. The van der Waals surface area contributed by atoms with Gasteiger partial charge >= 0.3 is 15.1 Å². The summed E-state index contributed by atoms with van der Waals surface area (Å²) in [6, 6.07) is 0. The lowest BCUT2D eigenvalue weighted by molar-refractivity contribution is 0.0900. The number of hydrogen-bond donors (Lipinski definition) is 0. The minimum absolute atomic E-state index is 0.515. The van der Waals surface area contributed by atoms with Crippen LogP contribution in [-0.4, -0.2) is 51.5 Å². The molecule has 0 N–H and O–H groups in total. The van der Waals surface area contributed by atoms with E-state index in [2.05, 4.69) is 6.58 Å². The summed E-state index contributed by atoms with van der Waals surface area (Å²) >= 11 is 0. The normalized spacial score (nSPS) is 13.5. The zero-order valence-electron chi connectivity index (χ0n) is 17.7. The highest BCUT2D eigenvalue weighted by molar-refractivity contribution is 6.88. The molecule has 0 aromatic heterocycles. The predicted octanol–water partition coefficient (Wildman–Crippen LogP) is 4.97. The SMILES string of the molecule is C=CN(CCC)C(=O)O[Si](O[Si](C)(C)C)(O[Si](C)(C)C)O[Si](C)(C)C. The number of carbonyl (C=O) groups is 1. The molecule has 1 amide bonds. The molecule has 0 aliphatic heterocycles. The second-order valence-electron chi connectivity index (χ2n) is 8.89. The van der Waals surface area contributed by atoms with Gasteiger partial charge in [0.2, 0.25) is 0 Å². The van der Waals surface area contributed by atoms with Gasteiger partial charge < -0.3 is 16.8 Å². The Morgan fingerprint density at radius 2 is 1.24 bits per heavy atom. The van der Waals surface area contributed by atoms with Crippen LogP contribution >= 0.6 is 0 Å². The standard InChI is InChI=1S/C15H37NO5Si4/c1-12-14-16(13-2)15(17)18-25(19-22(3,4)5,20-23(6,7)8)21-24(9,10)11/h13H,2,12,14H2,1,3-11H3. The second kappa shape index (κ2) is 9.11. The molecule has 0 bridgehead atoms. The van der Waals surface area contributed by atoms with E-state index in [9.17, 15) is 4.79 Å². The molecule has 0 fully saturated rings. The number of nitrogens with zero attached hydrogens (tertiary/aromatic N) is 1. The molecule has 10 heteroatoms. The van der Waals surface area contributed by atoms with E-state index in [0.717, 1.165) is 6.42 Å². The van der Waals surface area contributed by atoms with Crippen molar-refractivity contribution >= 4 is 40.1 Å². The first kappa shape index (κ1) is 24.8. The van der Waals surface area contributed by atoms with Crippen LogP contribution < -0.4 is 0 Å². The fourth-order valence-electron chi connectivity index (χ4n) is 1.91. The number of carbonyl (C=O) groups excluding carboxylic acids is 1. The third kappa shape index (κ3) is 11.2. The molecule has 148 valence electrons. The second-order valence-corrected chi connectivity index (χ2v) is 25.2. The fraction of sp³-hybridized carbons (Fsp3) is 0.800. The van der Waals surface area contributed by atoms with Crippen LogP contribution in [0.4, 0.5) is 4.79 Å². The summed E-state index contributed by atoms with van der Waals surface area (Å²) in [7, 11) is -9.89. The Bertz CT molecular complexity index is 414. The van der Waals surface area contributed by atoms with Gasteiger partial charge in [-0.1, -0.05) is 13.5 Å². The molecule has 0 radical (unpaired) electrons. The van der Waals surface area contributed by atoms with Crippen molar-refractivity contribution < 1.29 is 21.6 Å². The Morgan fingerprint density at radius 3 is 1.48 bits per heavy atom. The smallest absolute Gasteiger partial charge is 0.436 e. The highest BCUT2D eigenvalue weighted by atomic mass is 28.5. The average molecular weight is 424 g/mol. The van der Waals surface area contributed by atoms with Gasteiger partial charge in [0, 0.05) is 12.7 Å². The maximum absolute atomic E-state index is 12.7. The lowest BCUT2D eigenvalue weighted by Crippen LogP contribution is -2.63. The summed E-state index contributed by atoms with van der Waals surface area (Å²) in [5, 5.41) is 0. The van der Waals surface area contributed by atoms with Gasteiger partial charge in [0.25, 0.3) is 0 Å². The molecular weight excluding hydrogens is 387 g/mol. The van der Waals surface area contributed by atoms with Crippen molar-refractivity contribution in [2.45, 2.75) is 72.3 Å². The van der Waals surface area contributed by atoms with Gasteiger partial charge in [-0.2, -0.15) is 0 Å². The number of rotatable bonds is 10. The van der Waals surface area contributed by atoms with Crippen molar-refractivity contribution in [2.24, 2.45) is 0 Å². The molecule has 0 aromatic carbocycles. The van der Waals surface area contributed by atoms with Crippen molar-refractivity contribution in [2.75, 3.05) is 6.54 Å².